The zero-order chi connectivity index (χ0) is 10.5. The third kappa shape index (κ3) is 1.60. The van der Waals surface area contributed by atoms with Crippen LogP contribution in [0.25, 0.3) is 0 Å². The van der Waals surface area contributed by atoms with Crippen LogP contribution in [0.5, 0.6) is 0 Å². The molecule has 0 aromatic rings. The molecule has 0 amide bonds. The number of hydrogen-bond acceptors (Lipinski definition) is 1. The summed E-state index contributed by atoms with van der Waals surface area (Å²) in [5.74, 6) is 1.91. The minimum absolute atomic E-state index is 0.271. The normalized spacial score (nSPS) is 47.6. The summed E-state index contributed by atoms with van der Waals surface area (Å²) in [5.41, 5.74) is 0.271. The number of carboxylic acid groups (broad SMARTS) is 1. The Morgan fingerprint density at radius 3 is 1.93 bits per heavy atom. The SMILES string of the molecule is O=C(O)/C=C\C12CC3CC(CC(C3)C1)C2. The first-order valence-electron chi connectivity index (χ1n) is 6.07. The average Bonchev–Trinajstić information content (AvgIpc) is 2.12. The fourth-order valence-corrected chi connectivity index (χ4v) is 4.63. The van der Waals surface area contributed by atoms with Crippen LogP contribution in [-0.2, 0) is 4.79 Å². The van der Waals surface area contributed by atoms with Gasteiger partial charge in [0.2, 0.25) is 0 Å². The van der Waals surface area contributed by atoms with Crippen molar-refractivity contribution in [3.05, 3.63) is 12.2 Å². The predicted molar refractivity (Wildman–Crippen MR) is 57.4 cm³/mol. The van der Waals surface area contributed by atoms with Crippen molar-refractivity contribution in [3.63, 3.8) is 0 Å². The summed E-state index contributed by atoms with van der Waals surface area (Å²) < 4.78 is 0. The quantitative estimate of drug-likeness (QED) is 0.705. The first-order chi connectivity index (χ1) is 7.15. The van der Waals surface area contributed by atoms with E-state index in [0.29, 0.717) is 0 Å². The highest BCUT2D eigenvalue weighted by atomic mass is 16.4. The predicted octanol–water partition coefficient (Wildman–Crippen LogP) is 2.84. The van der Waals surface area contributed by atoms with Gasteiger partial charge in [-0.3, -0.25) is 0 Å². The minimum atomic E-state index is -0.786. The van der Waals surface area contributed by atoms with Gasteiger partial charge in [-0.1, -0.05) is 6.08 Å². The molecular formula is C13H18O2. The summed E-state index contributed by atoms with van der Waals surface area (Å²) in [4.78, 5) is 10.6. The molecule has 4 bridgehead atoms. The lowest BCUT2D eigenvalue weighted by Crippen LogP contribution is -2.45. The first kappa shape index (κ1) is 9.44. The van der Waals surface area contributed by atoms with E-state index in [-0.39, 0.29) is 5.41 Å². The number of allylic oxidation sites excluding steroid dienone is 1. The second-order valence-electron chi connectivity index (χ2n) is 5.95. The van der Waals surface area contributed by atoms with Crippen LogP contribution < -0.4 is 0 Å². The third-order valence-electron chi connectivity index (χ3n) is 4.67. The molecule has 1 N–H and O–H groups in total. The molecule has 0 unspecified atom stereocenters. The molecule has 2 nitrogen and oxygen atoms in total. The van der Waals surface area contributed by atoms with Crippen LogP contribution in [0.2, 0.25) is 0 Å². The van der Waals surface area contributed by atoms with Gasteiger partial charge in [-0.2, -0.15) is 0 Å². The molecule has 15 heavy (non-hydrogen) atoms. The molecule has 82 valence electrons. The van der Waals surface area contributed by atoms with E-state index in [4.69, 9.17) is 5.11 Å². The maximum atomic E-state index is 10.6. The Labute approximate surface area is 90.4 Å². The van der Waals surface area contributed by atoms with Gasteiger partial charge in [0, 0.05) is 6.08 Å². The summed E-state index contributed by atoms with van der Waals surface area (Å²) in [7, 11) is 0. The Kier molecular flexibility index (Phi) is 1.95. The van der Waals surface area contributed by atoms with Gasteiger partial charge in [0.05, 0.1) is 0 Å². The Morgan fingerprint density at radius 2 is 1.53 bits per heavy atom. The van der Waals surface area contributed by atoms with Crippen molar-refractivity contribution < 1.29 is 9.90 Å². The van der Waals surface area contributed by atoms with E-state index in [1.54, 1.807) is 0 Å². The maximum absolute atomic E-state index is 10.6. The smallest absolute Gasteiger partial charge is 0.327 e. The van der Waals surface area contributed by atoms with Crippen molar-refractivity contribution in [1.29, 1.82) is 0 Å². The maximum Gasteiger partial charge on any atom is 0.327 e. The number of carboxylic acids is 1. The van der Waals surface area contributed by atoms with E-state index in [2.05, 4.69) is 0 Å². The lowest BCUT2D eigenvalue weighted by Gasteiger charge is -2.55. The minimum Gasteiger partial charge on any atom is -0.478 e. The van der Waals surface area contributed by atoms with Crippen molar-refractivity contribution >= 4 is 5.97 Å². The molecule has 0 saturated heterocycles. The molecular weight excluding hydrogens is 188 g/mol. The molecule has 4 rings (SSSR count). The van der Waals surface area contributed by atoms with Crippen LogP contribution in [0, 0.1) is 23.2 Å². The molecule has 4 aliphatic carbocycles. The molecule has 0 aromatic carbocycles. The highest BCUT2D eigenvalue weighted by molar-refractivity contribution is 5.79. The van der Waals surface area contributed by atoms with Gasteiger partial charge < -0.3 is 5.11 Å². The number of rotatable bonds is 2. The second kappa shape index (κ2) is 3.10. The van der Waals surface area contributed by atoms with E-state index < -0.39 is 5.97 Å². The van der Waals surface area contributed by atoms with Crippen LogP contribution in [0.15, 0.2) is 12.2 Å². The van der Waals surface area contributed by atoms with E-state index >= 15 is 0 Å². The molecule has 4 saturated carbocycles. The summed E-state index contributed by atoms with van der Waals surface area (Å²) in [6.45, 7) is 0. The van der Waals surface area contributed by atoms with Crippen LogP contribution in [0.4, 0.5) is 0 Å². The van der Waals surface area contributed by atoms with E-state index in [9.17, 15) is 4.79 Å². The zero-order valence-electron chi connectivity index (χ0n) is 8.98. The van der Waals surface area contributed by atoms with Crippen molar-refractivity contribution in [1.82, 2.24) is 0 Å². The summed E-state index contributed by atoms with van der Waals surface area (Å²) >= 11 is 0. The highest BCUT2D eigenvalue weighted by Gasteiger charge is 2.49. The molecule has 0 atom stereocenters. The van der Waals surface area contributed by atoms with Gasteiger partial charge in [-0.05, 0) is 61.7 Å². The topological polar surface area (TPSA) is 37.3 Å². The van der Waals surface area contributed by atoms with Crippen molar-refractivity contribution in [2.45, 2.75) is 38.5 Å². The average molecular weight is 206 g/mol. The van der Waals surface area contributed by atoms with Gasteiger partial charge in [-0.25, -0.2) is 4.79 Å². The molecule has 0 aromatic heterocycles. The highest BCUT2D eigenvalue weighted by Crippen LogP contribution is 2.60. The second-order valence-corrected chi connectivity index (χ2v) is 5.95. The van der Waals surface area contributed by atoms with Crippen LogP contribution in [0.3, 0.4) is 0 Å². The number of aliphatic carboxylic acids is 1. The summed E-state index contributed by atoms with van der Waals surface area (Å²) in [6, 6.07) is 0. The largest absolute Gasteiger partial charge is 0.478 e. The lowest BCUT2D eigenvalue weighted by atomic mass is 9.49. The lowest BCUT2D eigenvalue weighted by molar-refractivity contribution is -0.131. The Hall–Kier alpha value is -0.790. The molecule has 0 heterocycles. The van der Waals surface area contributed by atoms with E-state index in [0.717, 1.165) is 17.8 Å². The van der Waals surface area contributed by atoms with E-state index in [1.165, 1.54) is 44.6 Å². The van der Waals surface area contributed by atoms with Crippen molar-refractivity contribution in [2.24, 2.45) is 23.2 Å². The number of hydrogen-bond donors (Lipinski definition) is 1. The standard InChI is InChI=1S/C13H18O2/c14-12(15)1-2-13-6-9-3-10(7-13)5-11(4-9)8-13/h1-2,9-11H,3-8H2,(H,14,15)/b2-1-. The van der Waals surface area contributed by atoms with Gasteiger partial charge in [0.25, 0.3) is 0 Å². The van der Waals surface area contributed by atoms with Crippen LogP contribution in [0.1, 0.15) is 38.5 Å². The fourth-order valence-electron chi connectivity index (χ4n) is 4.63. The third-order valence-corrected chi connectivity index (χ3v) is 4.67. The Balaban J connectivity index is 1.84. The first-order valence-corrected chi connectivity index (χ1v) is 6.07. The van der Waals surface area contributed by atoms with Gasteiger partial charge in [0.1, 0.15) is 0 Å². The van der Waals surface area contributed by atoms with Crippen LogP contribution >= 0.6 is 0 Å². The molecule has 4 aliphatic rings. The Bertz CT molecular complexity index is 281. The molecule has 4 fully saturated rings. The summed E-state index contributed by atoms with van der Waals surface area (Å²) in [6.07, 6.45) is 11.4. The molecule has 0 aliphatic heterocycles. The van der Waals surface area contributed by atoms with Crippen molar-refractivity contribution in [3.8, 4) is 0 Å². The summed E-state index contributed by atoms with van der Waals surface area (Å²) in [5, 5.41) is 8.73. The van der Waals surface area contributed by atoms with Crippen LogP contribution in [-0.4, -0.2) is 11.1 Å². The monoisotopic (exact) mass is 206 g/mol. The van der Waals surface area contributed by atoms with E-state index in [1.807, 2.05) is 6.08 Å². The van der Waals surface area contributed by atoms with Gasteiger partial charge in [0.15, 0.2) is 0 Å². The van der Waals surface area contributed by atoms with Gasteiger partial charge in [-0.15, -0.1) is 0 Å². The van der Waals surface area contributed by atoms with Gasteiger partial charge >= 0.3 is 5.97 Å². The zero-order valence-corrected chi connectivity index (χ0v) is 8.98. The molecule has 0 spiro atoms. The molecule has 0 radical (unpaired) electrons. The Morgan fingerprint density at radius 1 is 1.07 bits per heavy atom. The fraction of sp³-hybridized carbons (Fsp3) is 0.769. The van der Waals surface area contributed by atoms with Crippen molar-refractivity contribution in [2.75, 3.05) is 0 Å². The molecule has 2 heteroatoms. The number of carbonyl (C=O) groups is 1.